The Morgan fingerprint density at radius 2 is 0.855 bits per heavy atom. The van der Waals surface area contributed by atoms with Crippen LogP contribution >= 0.6 is 0 Å². The van der Waals surface area contributed by atoms with Crippen molar-refractivity contribution in [2.45, 2.75) is 0 Å². The Hall–Kier alpha value is -8.48. The third kappa shape index (κ3) is 6.13. The number of benzene rings is 8. The molecule has 0 fully saturated rings. The normalized spacial score (nSPS) is 11.5. The van der Waals surface area contributed by atoms with Crippen molar-refractivity contribution >= 4 is 38.2 Å². The fraction of sp³-hybridized carbons (Fsp3) is 0. The predicted molar refractivity (Wildman–Crippen MR) is 251 cm³/mol. The average molecular weight is 794 g/mol. The van der Waals surface area contributed by atoms with Gasteiger partial charge in [-0.25, -0.2) is 19.5 Å². The molecule has 0 aliphatic rings. The minimum atomic E-state index is 0.581. The average Bonchev–Trinajstić information content (AvgIpc) is 3.94. The van der Waals surface area contributed by atoms with Gasteiger partial charge in [-0.3, -0.25) is 0 Å². The lowest BCUT2D eigenvalue weighted by Crippen LogP contribution is -2.00. The van der Waals surface area contributed by atoms with E-state index in [-0.39, 0.29) is 0 Å². The van der Waals surface area contributed by atoms with Crippen molar-refractivity contribution in [3.05, 3.63) is 212 Å². The minimum Gasteiger partial charge on any atom is -0.456 e. The first-order chi connectivity index (χ1) is 30.7. The lowest BCUT2D eigenvalue weighted by Gasteiger charge is -2.12. The molecule has 0 radical (unpaired) electrons. The van der Waals surface area contributed by atoms with Crippen molar-refractivity contribution in [3.8, 4) is 78.9 Å². The van der Waals surface area contributed by atoms with Crippen LogP contribution in [0.1, 0.15) is 0 Å². The molecule has 4 heterocycles. The van der Waals surface area contributed by atoms with Crippen LogP contribution in [0.4, 0.5) is 0 Å². The number of hydrogen-bond donors (Lipinski definition) is 0. The number of fused-ring (bicyclic) bond motifs is 6. The maximum Gasteiger partial charge on any atom is 0.164 e. The summed E-state index contributed by atoms with van der Waals surface area (Å²) < 4.78 is 8.38. The van der Waals surface area contributed by atoms with Gasteiger partial charge in [-0.2, -0.15) is 5.10 Å². The molecule has 0 unspecified atom stereocenters. The number of nitrogens with zero attached hydrogens (tertiary/aromatic N) is 5. The van der Waals surface area contributed by atoms with Gasteiger partial charge >= 0.3 is 0 Å². The summed E-state index contributed by atoms with van der Waals surface area (Å²) in [5.41, 5.74) is 13.6. The number of pyridine rings is 1. The third-order valence-electron chi connectivity index (χ3n) is 11.6. The Morgan fingerprint density at radius 1 is 0.339 bits per heavy atom. The predicted octanol–water partition coefficient (Wildman–Crippen LogP) is 14.2. The van der Waals surface area contributed by atoms with Gasteiger partial charge in [0.2, 0.25) is 0 Å². The lowest BCUT2D eigenvalue weighted by molar-refractivity contribution is 0.669. The van der Waals surface area contributed by atoms with E-state index in [0.717, 1.165) is 99.7 Å². The summed E-state index contributed by atoms with van der Waals surface area (Å²) in [7, 11) is 0. The zero-order valence-electron chi connectivity index (χ0n) is 33.4. The van der Waals surface area contributed by atoms with Crippen LogP contribution in [0.3, 0.4) is 0 Å². The largest absolute Gasteiger partial charge is 0.456 e. The zero-order valence-corrected chi connectivity index (χ0v) is 33.4. The summed E-state index contributed by atoms with van der Waals surface area (Å²) in [6, 6.07) is 73.3. The number of rotatable bonds is 7. The van der Waals surface area contributed by atoms with Gasteiger partial charge in [0.1, 0.15) is 16.9 Å². The molecule has 0 N–H and O–H groups in total. The molecule has 0 bridgehead atoms. The molecule has 6 heteroatoms. The molecule has 0 saturated heterocycles. The highest BCUT2D eigenvalue weighted by atomic mass is 16.3. The molecule has 0 spiro atoms. The van der Waals surface area contributed by atoms with Crippen molar-refractivity contribution in [1.82, 2.24) is 24.6 Å². The van der Waals surface area contributed by atoms with E-state index in [1.54, 1.807) is 0 Å². The molecular weight excluding hydrogens is 759 g/mol. The van der Waals surface area contributed by atoms with E-state index in [4.69, 9.17) is 24.5 Å². The monoisotopic (exact) mass is 793 g/mol. The highest BCUT2D eigenvalue weighted by Crippen LogP contribution is 2.42. The van der Waals surface area contributed by atoms with E-state index in [9.17, 15) is 0 Å². The molecule has 4 aromatic heterocycles. The summed E-state index contributed by atoms with van der Waals surface area (Å²) in [5.74, 6) is 1.77. The van der Waals surface area contributed by atoms with Crippen LogP contribution in [0.5, 0.6) is 0 Å². The molecular formula is C56H35N5O. The first kappa shape index (κ1) is 35.5. The zero-order chi connectivity index (χ0) is 41.0. The Kier molecular flexibility index (Phi) is 8.38. The fourth-order valence-corrected chi connectivity index (χ4v) is 8.68. The van der Waals surface area contributed by atoms with Crippen molar-refractivity contribution in [2.24, 2.45) is 0 Å². The standard InChI is InChI=1S/C56H35N5O/c1-4-16-36(17-5-1)48-34-41-22-10-11-27-45(41)53-51(52(60-61(48)53)37-18-6-2-7-19-37)42-24-15-26-44(33-42)56-58-54(38-20-8-3-9-21-38)57-55(59-56)43-25-14-23-39(32-43)40-30-31-47-46-28-12-13-29-49(46)62-50(47)35-40/h1-35H. The molecule has 12 rings (SSSR count). The number of hydrogen-bond acceptors (Lipinski definition) is 5. The van der Waals surface area contributed by atoms with Gasteiger partial charge < -0.3 is 4.42 Å². The summed E-state index contributed by atoms with van der Waals surface area (Å²) in [6.45, 7) is 0. The van der Waals surface area contributed by atoms with Crippen LogP contribution in [-0.2, 0) is 0 Å². The fourth-order valence-electron chi connectivity index (χ4n) is 8.68. The molecule has 0 amide bonds. The molecule has 0 saturated carbocycles. The van der Waals surface area contributed by atoms with Crippen molar-refractivity contribution in [3.63, 3.8) is 0 Å². The van der Waals surface area contributed by atoms with E-state index >= 15 is 0 Å². The van der Waals surface area contributed by atoms with Crippen LogP contribution in [0.15, 0.2) is 217 Å². The van der Waals surface area contributed by atoms with Crippen molar-refractivity contribution in [1.29, 1.82) is 0 Å². The molecule has 0 aliphatic heterocycles. The SMILES string of the molecule is c1ccc(-c2nc(-c3cccc(-c4ccc5c(c4)oc4ccccc45)c3)nc(-c3cccc(-c4c(-c5ccccc5)nn5c(-c6ccccc6)cc6ccccc6c45)c3)n2)cc1. The highest BCUT2D eigenvalue weighted by molar-refractivity contribution is 6.09. The Bertz CT molecular complexity index is 3630. The summed E-state index contributed by atoms with van der Waals surface area (Å²) in [6.07, 6.45) is 0. The summed E-state index contributed by atoms with van der Waals surface area (Å²) in [4.78, 5) is 15.5. The molecule has 0 aliphatic carbocycles. The maximum absolute atomic E-state index is 6.26. The van der Waals surface area contributed by atoms with Gasteiger partial charge in [0.25, 0.3) is 0 Å². The Morgan fingerprint density at radius 3 is 1.58 bits per heavy atom. The van der Waals surface area contributed by atoms with Gasteiger partial charge in [0.15, 0.2) is 17.5 Å². The van der Waals surface area contributed by atoms with Gasteiger partial charge in [0, 0.05) is 49.5 Å². The van der Waals surface area contributed by atoms with Crippen LogP contribution in [0.25, 0.3) is 117 Å². The number of para-hydroxylation sites is 1. The third-order valence-corrected chi connectivity index (χ3v) is 11.6. The second kappa shape index (κ2) is 14.7. The summed E-state index contributed by atoms with van der Waals surface area (Å²) in [5, 5.41) is 9.90. The molecule has 62 heavy (non-hydrogen) atoms. The topological polar surface area (TPSA) is 69.1 Å². The van der Waals surface area contributed by atoms with Crippen LogP contribution in [0, 0.1) is 0 Å². The van der Waals surface area contributed by atoms with Crippen molar-refractivity contribution in [2.75, 3.05) is 0 Å². The Labute approximate surface area is 357 Å². The number of furan rings is 1. The molecule has 290 valence electrons. The summed E-state index contributed by atoms with van der Waals surface area (Å²) >= 11 is 0. The maximum atomic E-state index is 6.26. The van der Waals surface area contributed by atoms with Crippen molar-refractivity contribution < 1.29 is 4.42 Å². The molecule has 0 atom stereocenters. The molecule has 12 aromatic rings. The van der Waals surface area contributed by atoms with E-state index < -0.39 is 0 Å². The second-order valence-electron chi connectivity index (χ2n) is 15.5. The second-order valence-corrected chi connectivity index (χ2v) is 15.5. The van der Waals surface area contributed by atoms with Gasteiger partial charge in [-0.1, -0.05) is 176 Å². The van der Waals surface area contributed by atoms with Crippen LogP contribution in [-0.4, -0.2) is 24.6 Å². The lowest BCUT2D eigenvalue weighted by atomic mass is 9.95. The highest BCUT2D eigenvalue weighted by Gasteiger charge is 2.23. The van der Waals surface area contributed by atoms with E-state index in [1.165, 1.54) is 0 Å². The smallest absolute Gasteiger partial charge is 0.164 e. The van der Waals surface area contributed by atoms with Crippen LogP contribution < -0.4 is 0 Å². The molecule has 8 aromatic carbocycles. The van der Waals surface area contributed by atoms with Gasteiger partial charge in [-0.15, -0.1) is 0 Å². The number of aromatic nitrogens is 5. The first-order valence-electron chi connectivity index (χ1n) is 20.7. The molecule has 6 nitrogen and oxygen atoms in total. The van der Waals surface area contributed by atoms with Gasteiger partial charge in [0.05, 0.1) is 11.2 Å². The van der Waals surface area contributed by atoms with E-state index in [2.05, 4.69) is 156 Å². The van der Waals surface area contributed by atoms with Crippen LogP contribution in [0.2, 0.25) is 0 Å². The minimum absolute atomic E-state index is 0.581. The Balaban J connectivity index is 1.04. The first-order valence-corrected chi connectivity index (χ1v) is 20.7. The quantitative estimate of drug-likeness (QED) is 0.161. The van der Waals surface area contributed by atoms with E-state index in [0.29, 0.717) is 17.5 Å². The van der Waals surface area contributed by atoms with Gasteiger partial charge in [-0.05, 0) is 58.5 Å². The van der Waals surface area contributed by atoms with E-state index in [1.807, 2.05) is 60.7 Å².